The van der Waals surface area contributed by atoms with Crippen LogP contribution in [0.25, 0.3) is 0 Å². The number of rotatable bonds is 20. The number of benzene rings is 3. The van der Waals surface area contributed by atoms with Crippen LogP contribution in [-0.2, 0) is 52.9 Å². The van der Waals surface area contributed by atoms with Gasteiger partial charge in [0.15, 0.2) is 0 Å². The van der Waals surface area contributed by atoms with Gasteiger partial charge in [-0.25, -0.2) is 14.4 Å². The van der Waals surface area contributed by atoms with Gasteiger partial charge in [0.25, 0.3) is 0 Å². The molecule has 7 amide bonds. The van der Waals surface area contributed by atoms with Crippen LogP contribution in [0.15, 0.2) is 91.0 Å². The number of carbonyl (C=O) groups excluding carboxylic acids is 7. The summed E-state index contributed by atoms with van der Waals surface area (Å²) in [6.07, 6.45) is -1.65. The van der Waals surface area contributed by atoms with Crippen LogP contribution in [0.5, 0.6) is 0 Å². The molecule has 0 spiro atoms. The Kier molecular flexibility index (Phi) is 18.9. The molecule has 3 rings (SSSR count). The zero-order chi connectivity index (χ0) is 43.5. The fraction of sp³-hybridized carbons (Fsp3) is 0.419. The molecule has 3 aromatic carbocycles. The van der Waals surface area contributed by atoms with Crippen LogP contribution in [0, 0.1) is 11.8 Å². The number of hydrogen-bond acceptors (Lipinski definition) is 9. The summed E-state index contributed by atoms with van der Waals surface area (Å²) in [5.74, 6) is -3.88. The number of methoxy groups -OCH3 is 1. The number of esters is 1. The number of alkyl carbamates (subject to hydrolysis) is 1. The second kappa shape index (κ2) is 23.7. The van der Waals surface area contributed by atoms with Gasteiger partial charge in [-0.2, -0.15) is 0 Å². The minimum Gasteiger partial charge on any atom is -0.467 e. The molecule has 0 saturated carbocycles. The predicted octanol–water partition coefficient (Wildman–Crippen LogP) is 2.86. The molecule has 59 heavy (non-hydrogen) atoms. The molecule has 0 saturated heterocycles. The van der Waals surface area contributed by atoms with Crippen molar-refractivity contribution >= 4 is 41.7 Å². The molecular weight excluding hydrogens is 759 g/mol. The van der Waals surface area contributed by atoms with E-state index in [1.165, 1.54) is 21.0 Å². The molecule has 0 fully saturated rings. The first-order chi connectivity index (χ1) is 28.1. The Bertz CT molecular complexity index is 1850. The molecule has 1 unspecified atom stereocenters. The summed E-state index contributed by atoms with van der Waals surface area (Å²) < 4.78 is 10.0. The lowest BCUT2D eigenvalue weighted by molar-refractivity contribution is -0.146. The van der Waals surface area contributed by atoms with Crippen molar-refractivity contribution in [3.8, 4) is 0 Å². The maximum atomic E-state index is 13.9. The van der Waals surface area contributed by atoms with Crippen LogP contribution >= 0.6 is 0 Å². The second-order valence-electron chi connectivity index (χ2n) is 14.8. The summed E-state index contributed by atoms with van der Waals surface area (Å²) in [6.45, 7) is 9.87. The summed E-state index contributed by atoms with van der Waals surface area (Å²) in [7, 11) is 1.22. The first-order valence-electron chi connectivity index (χ1n) is 19.5. The largest absolute Gasteiger partial charge is 0.467 e. The highest BCUT2D eigenvalue weighted by molar-refractivity contribution is 5.94. The van der Waals surface area contributed by atoms with Gasteiger partial charge in [0.05, 0.1) is 7.11 Å². The molecule has 318 valence electrons. The lowest BCUT2D eigenvalue weighted by Gasteiger charge is -2.28. The highest BCUT2D eigenvalue weighted by atomic mass is 16.5. The van der Waals surface area contributed by atoms with Crippen LogP contribution in [0.1, 0.15) is 58.2 Å². The van der Waals surface area contributed by atoms with E-state index in [1.807, 2.05) is 18.2 Å². The smallest absolute Gasteiger partial charge is 0.408 e. The maximum Gasteiger partial charge on any atom is 0.408 e. The normalized spacial score (nSPS) is 13.9. The summed E-state index contributed by atoms with van der Waals surface area (Å²) >= 11 is 0. The Balaban J connectivity index is 1.72. The molecule has 0 heterocycles. The van der Waals surface area contributed by atoms with Gasteiger partial charge < -0.3 is 46.7 Å². The fourth-order valence-corrected chi connectivity index (χ4v) is 5.77. The third-order valence-corrected chi connectivity index (χ3v) is 9.17. The zero-order valence-corrected chi connectivity index (χ0v) is 34.6. The minimum absolute atomic E-state index is 0.00774. The maximum absolute atomic E-state index is 13.9. The van der Waals surface area contributed by atoms with Gasteiger partial charge in [-0.3, -0.25) is 19.2 Å². The van der Waals surface area contributed by atoms with E-state index in [4.69, 9.17) is 9.47 Å². The van der Waals surface area contributed by atoms with E-state index < -0.39 is 84.0 Å². The Labute approximate surface area is 345 Å². The van der Waals surface area contributed by atoms with Crippen LogP contribution in [-0.4, -0.2) is 85.2 Å². The number of nitrogens with one attached hydrogen (secondary N) is 7. The average Bonchev–Trinajstić information content (AvgIpc) is 3.21. The van der Waals surface area contributed by atoms with E-state index in [1.54, 1.807) is 100 Å². The van der Waals surface area contributed by atoms with Crippen LogP contribution in [0.3, 0.4) is 0 Å². The second-order valence-corrected chi connectivity index (χ2v) is 14.8. The van der Waals surface area contributed by atoms with Crippen molar-refractivity contribution in [2.45, 2.75) is 97.4 Å². The predicted molar refractivity (Wildman–Crippen MR) is 220 cm³/mol. The van der Waals surface area contributed by atoms with Crippen LogP contribution in [0.2, 0.25) is 0 Å². The molecule has 0 aliphatic rings. The van der Waals surface area contributed by atoms with Crippen LogP contribution in [0.4, 0.5) is 9.59 Å². The van der Waals surface area contributed by atoms with Crippen molar-refractivity contribution in [3.05, 3.63) is 108 Å². The van der Waals surface area contributed by atoms with Gasteiger partial charge in [-0.15, -0.1) is 0 Å². The lowest BCUT2D eigenvalue weighted by Crippen LogP contribution is -2.61. The van der Waals surface area contributed by atoms with Crippen molar-refractivity contribution in [1.29, 1.82) is 0 Å². The Morgan fingerprint density at radius 2 is 0.966 bits per heavy atom. The average molecular weight is 816 g/mol. The van der Waals surface area contributed by atoms with Crippen molar-refractivity contribution in [2.24, 2.45) is 11.8 Å². The topological polar surface area (TPSA) is 222 Å². The SMILES string of the molecule is COC(=O)[C@@H](NC(=O)[C@@H](NC(=O)C(Cc1ccccc1)NC(=O)N[C@H](Cc1ccccc1)NC(=O)[C@H](C)NC(=O)[C@H](C)NC(=O)OCc1ccccc1)C(C)C)C(C)C. The highest BCUT2D eigenvalue weighted by Crippen LogP contribution is 2.10. The molecular formula is C43H57N7O9. The van der Waals surface area contributed by atoms with Gasteiger partial charge in [0.1, 0.15) is 43.0 Å². The molecule has 0 radical (unpaired) electrons. The molecule has 0 aromatic heterocycles. The summed E-state index contributed by atoms with van der Waals surface area (Å²) in [4.78, 5) is 92.1. The standard InChI is InChI=1S/C43H57N7O9/c1-26(2)35(40(54)50-36(27(3)4)41(55)58-7)49-39(53)33(23-30-17-11-8-12-18-30)46-42(56)48-34(24-31-19-13-9-14-20-31)47-38(52)28(5)44-37(51)29(6)45-43(57)59-25-32-21-15-10-16-22-32/h8-22,26-29,33-36H,23-25H2,1-7H3,(H,44,51)(H,45,57)(H,47,52)(H,49,53)(H,50,54)(H2,46,48,56)/t28-,29-,33?,34+,35-,36-/m0/s1. The van der Waals surface area contributed by atoms with Gasteiger partial charge in [0.2, 0.25) is 23.6 Å². The minimum atomic E-state index is -1.19. The third-order valence-electron chi connectivity index (χ3n) is 9.17. The Morgan fingerprint density at radius 1 is 0.492 bits per heavy atom. The zero-order valence-electron chi connectivity index (χ0n) is 34.6. The van der Waals surface area contributed by atoms with Gasteiger partial charge >= 0.3 is 18.1 Å². The molecule has 16 heteroatoms. The first-order valence-corrected chi connectivity index (χ1v) is 19.5. The lowest BCUT2D eigenvalue weighted by atomic mass is 9.99. The molecule has 6 atom stereocenters. The Hall–Kier alpha value is -6.45. The Morgan fingerprint density at radius 3 is 1.49 bits per heavy atom. The summed E-state index contributed by atoms with van der Waals surface area (Å²) in [6, 6.07) is 20.8. The van der Waals surface area contributed by atoms with E-state index in [9.17, 15) is 33.6 Å². The number of amides is 7. The summed E-state index contributed by atoms with van der Waals surface area (Å²) in [5.41, 5.74) is 2.25. The highest BCUT2D eigenvalue weighted by Gasteiger charge is 2.33. The van der Waals surface area contributed by atoms with Crippen molar-refractivity contribution in [3.63, 3.8) is 0 Å². The van der Waals surface area contributed by atoms with E-state index in [0.29, 0.717) is 0 Å². The first kappa shape index (κ1) is 46.9. The van der Waals surface area contributed by atoms with Crippen molar-refractivity contribution in [1.82, 2.24) is 37.2 Å². The number of carbonyl (C=O) groups is 7. The molecule has 3 aromatic rings. The van der Waals surface area contributed by atoms with Gasteiger partial charge in [0, 0.05) is 12.8 Å². The quantitative estimate of drug-likeness (QED) is 0.0658. The van der Waals surface area contributed by atoms with E-state index in [2.05, 4.69) is 37.2 Å². The monoisotopic (exact) mass is 815 g/mol. The number of urea groups is 1. The number of hydrogen-bond donors (Lipinski definition) is 7. The van der Waals surface area contributed by atoms with Crippen molar-refractivity contribution < 1.29 is 43.0 Å². The summed E-state index contributed by atoms with van der Waals surface area (Å²) in [5, 5.41) is 18.6. The molecule has 7 N–H and O–H groups in total. The number of ether oxygens (including phenoxy) is 2. The van der Waals surface area contributed by atoms with E-state index >= 15 is 0 Å². The molecule has 0 aliphatic carbocycles. The van der Waals surface area contributed by atoms with Crippen LogP contribution < -0.4 is 37.2 Å². The van der Waals surface area contributed by atoms with Gasteiger partial charge in [-0.1, -0.05) is 119 Å². The third kappa shape index (κ3) is 16.1. The van der Waals surface area contributed by atoms with Gasteiger partial charge in [-0.05, 0) is 42.4 Å². The van der Waals surface area contributed by atoms with Crippen molar-refractivity contribution in [2.75, 3.05) is 7.11 Å². The van der Waals surface area contributed by atoms with E-state index in [-0.39, 0.29) is 25.4 Å². The molecule has 0 bridgehead atoms. The molecule has 0 aliphatic heterocycles. The molecule has 16 nitrogen and oxygen atoms in total. The fourth-order valence-electron chi connectivity index (χ4n) is 5.77. The van der Waals surface area contributed by atoms with E-state index in [0.717, 1.165) is 16.7 Å².